The number of aryl methyl sites for hydroxylation is 1. The van der Waals surface area contributed by atoms with Gasteiger partial charge in [0.2, 0.25) is 0 Å². The van der Waals surface area contributed by atoms with E-state index in [1.165, 1.54) is 6.07 Å². The molecule has 0 bridgehead atoms. The third-order valence-corrected chi connectivity index (χ3v) is 2.80. The van der Waals surface area contributed by atoms with Crippen molar-refractivity contribution in [2.45, 2.75) is 6.92 Å². The molecule has 0 radical (unpaired) electrons. The van der Waals surface area contributed by atoms with Gasteiger partial charge in [-0.05, 0) is 31.2 Å². The molecule has 0 amide bonds. The Morgan fingerprint density at radius 2 is 1.89 bits per heavy atom. The van der Waals surface area contributed by atoms with Crippen molar-refractivity contribution in [1.29, 1.82) is 0 Å². The fourth-order valence-electron chi connectivity index (χ4n) is 1.92. The number of nitrogens with zero attached hydrogens (tertiary/aromatic N) is 4. The molecule has 1 N–H and O–H groups in total. The fourth-order valence-corrected chi connectivity index (χ4v) is 1.92. The molecule has 0 aliphatic rings. The van der Waals surface area contributed by atoms with Crippen LogP contribution in [-0.4, -0.2) is 30.8 Å². The number of hydrogen-bond donors (Lipinski definition) is 1. The highest BCUT2D eigenvalue weighted by Gasteiger charge is 2.12. The summed E-state index contributed by atoms with van der Waals surface area (Å²) in [6, 6.07) is 7.03. The van der Waals surface area contributed by atoms with Crippen molar-refractivity contribution in [1.82, 2.24) is 19.7 Å². The van der Waals surface area contributed by atoms with Crippen LogP contribution in [0.15, 0.2) is 36.7 Å². The summed E-state index contributed by atoms with van der Waals surface area (Å²) < 4.78 is 1.58. The van der Waals surface area contributed by atoms with Gasteiger partial charge >= 0.3 is 5.97 Å². The minimum Gasteiger partial charge on any atom is -0.476 e. The van der Waals surface area contributed by atoms with Crippen LogP contribution in [-0.2, 0) is 0 Å². The molecular weight excluding hydrogens is 244 g/mol. The number of carboxylic acids is 1. The number of hydrogen-bond acceptors (Lipinski definition) is 4. The zero-order valence-corrected chi connectivity index (χ0v) is 10.1. The summed E-state index contributed by atoms with van der Waals surface area (Å²) in [4.78, 5) is 19.3. The van der Waals surface area contributed by atoms with Crippen LogP contribution >= 0.6 is 0 Å². The second-order valence-corrected chi connectivity index (χ2v) is 4.12. The molecule has 3 aromatic rings. The second kappa shape index (κ2) is 4.16. The predicted molar refractivity (Wildman–Crippen MR) is 68.4 cm³/mol. The molecule has 0 aliphatic carbocycles. The fraction of sp³-hybridized carbons (Fsp3) is 0.0769. The van der Waals surface area contributed by atoms with Crippen molar-refractivity contribution in [3.05, 3.63) is 48.0 Å². The summed E-state index contributed by atoms with van der Waals surface area (Å²) in [6.45, 7) is 1.81. The molecule has 0 saturated carbocycles. The van der Waals surface area contributed by atoms with Gasteiger partial charge in [-0.2, -0.15) is 5.10 Å². The van der Waals surface area contributed by atoms with Gasteiger partial charge in [-0.25, -0.2) is 9.48 Å². The first-order chi connectivity index (χ1) is 9.15. The van der Waals surface area contributed by atoms with Gasteiger partial charge in [-0.3, -0.25) is 9.97 Å². The number of rotatable bonds is 2. The Morgan fingerprint density at radius 3 is 2.58 bits per heavy atom. The summed E-state index contributed by atoms with van der Waals surface area (Å²) in [7, 11) is 0. The van der Waals surface area contributed by atoms with E-state index in [1.807, 2.05) is 18.2 Å². The number of aromatic nitrogens is 4. The molecule has 0 fully saturated rings. The number of benzene rings is 1. The molecule has 0 spiro atoms. The maximum absolute atomic E-state index is 10.9. The van der Waals surface area contributed by atoms with Crippen molar-refractivity contribution in [3.8, 4) is 5.69 Å². The van der Waals surface area contributed by atoms with Gasteiger partial charge in [0.1, 0.15) is 0 Å². The molecular formula is C13H10N4O2. The third-order valence-electron chi connectivity index (χ3n) is 2.80. The Balaban J connectivity index is 2.16. The SMILES string of the molecule is Cc1cc(C(=O)O)nn1-c1ccc2nccnc2c1. The molecule has 0 atom stereocenters. The first-order valence-electron chi connectivity index (χ1n) is 5.66. The molecule has 3 rings (SSSR count). The summed E-state index contributed by atoms with van der Waals surface area (Å²) in [5, 5.41) is 13.0. The van der Waals surface area contributed by atoms with E-state index in [-0.39, 0.29) is 5.69 Å². The van der Waals surface area contributed by atoms with E-state index in [9.17, 15) is 4.79 Å². The topological polar surface area (TPSA) is 80.9 Å². The highest BCUT2D eigenvalue weighted by Crippen LogP contribution is 2.16. The predicted octanol–water partition coefficient (Wildman–Crippen LogP) is 1.82. The lowest BCUT2D eigenvalue weighted by atomic mass is 10.2. The Kier molecular flexibility index (Phi) is 2.49. The van der Waals surface area contributed by atoms with Crippen LogP contribution in [0.1, 0.15) is 16.2 Å². The monoisotopic (exact) mass is 254 g/mol. The van der Waals surface area contributed by atoms with E-state index < -0.39 is 5.97 Å². The van der Waals surface area contributed by atoms with E-state index >= 15 is 0 Å². The van der Waals surface area contributed by atoms with E-state index in [2.05, 4.69) is 15.1 Å². The molecule has 1 aromatic carbocycles. The van der Waals surface area contributed by atoms with Crippen molar-refractivity contribution in [3.63, 3.8) is 0 Å². The first kappa shape index (κ1) is 11.3. The Morgan fingerprint density at radius 1 is 1.16 bits per heavy atom. The van der Waals surface area contributed by atoms with Gasteiger partial charge in [0.05, 0.1) is 16.7 Å². The van der Waals surface area contributed by atoms with Crippen molar-refractivity contribution in [2.75, 3.05) is 0 Å². The number of fused-ring (bicyclic) bond motifs is 1. The zero-order chi connectivity index (χ0) is 13.4. The molecule has 0 unspecified atom stereocenters. The van der Waals surface area contributed by atoms with Crippen molar-refractivity contribution < 1.29 is 9.90 Å². The highest BCUT2D eigenvalue weighted by atomic mass is 16.4. The highest BCUT2D eigenvalue weighted by molar-refractivity contribution is 5.85. The lowest BCUT2D eigenvalue weighted by Gasteiger charge is -2.04. The van der Waals surface area contributed by atoms with Gasteiger partial charge in [0.15, 0.2) is 5.69 Å². The standard InChI is InChI=1S/C13H10N4O2/c1-8-6-12(13(18)19)16-17(8)9-2-3-10-11(7-9)15-5-4-14-10/h2-7H,1H3,(H,18,19). The lowest BCUT2D eigenvalue weighted by molar-refractivity contribution is 0.0690. The molecule has 2 aromatic heterocycles. The number of aromatic carboxylic acids is 1. The van der Waals surface area contributed by atoms with E-state index in [1.54, 1.807) is 24.0 Å². The van der Waals surface area contributed by atoms with Gasteiger partial charge in [0.25, 0.3) is 0 Å². The number of carbonyl (C=O) groups is 1. The molecule has 94 valence electrons. The van der Waals surface area contributed by atoms with Gasteiger partial charge in [0, 0.05) is 18.1 Å². The Bertz CT molecular complexity index is 779. The van der Waals surface area contributed by atoms with Crippen LogP contribution in [0.2, 0.25) is 0 Å². The summed E-state index contributed by atoms with van der Waals surface area (Å²) >= 11 is 0. The van der Waals surface area contributed by atoms with Crippen molar-refractivity contribution >= 4 is 17.0 Å². The molecule has 19 heavy (non-hydrogen) atoms. The first-order valence-corrected chi connectivity index (χ1v) is 5.66. The average Bonchev–Trinajstić information content (AvgIpc) is 2.80. The molecule has 6 heteroatoms. The quantitative estimate of drug-likeness (QED) is 0.754. The van der Waals surface area contributed by atoms with Crippen LogP contribution in [0.5, 0.6) is 0 Å². The minimum atomic E-state index is -1.04. The average molecular weight is 254 g/mol. The molecule has 0 saturated heterocycles. The van der Waals surface area contributed by atoms with E-state index in [0.29, 0.717) is 0 Å². The summed E-state index contributed by atoms with van der Waals surface area (Å²) in [5.74, 6) is -1.04. The van der Waals surface area contributed by atoms with E-state index in [0.717, 1.165) is 22.4 Å². The Hall–Kier alpha value is -2.76. The third kappa shape index (κ3) is 1.93. The molecule has 0 aliphatic heterocycles. The largest absolute Gasteiger partial charge is 0.476 e. The molecule has 2 heterocycles. The van der Waals surface area contributed by atoms with Crippen LogP contribution in [0.3, 0.4) is 0 Å². The van der Waals surface area contributed by atoms with Crippen molar-refractivity contribution in [2.24, 2.45) is 0 Å². The van der Waals surface area contributed by atoms with Gasteiger partial charge < -0.3 is 5.11 Å². The van der Waals surface area contributed by atoms with Crippen LogP contribution in [0.25, 0.3) is 16.7 Å². The minimum absolute atomic E-state index is 0.0248. The van der Waals surface area contributed by atoms with Gasteiger partial charge in [-0.1, -0.05) is 0 Å². The second-order valence-electron chi connectivity index (χ2n) is 4.12. The Labute approximate surface area is 108 Å². The van der Waals surface area contributed by atoms with Gasteiger partial charge in [-0.15, -0.1) is 0 Å². The summed E-state index contributed by atoms with van der Waals surface area (Å²) in [5.41, 5.74) is 3.07. The molecule has 6 nitrogen and oxygen atoms in total. The van der Waals surface area contributed by atoms with E-state index in [4.69, 9.17) is 5.11 Å². The zero-order valence-electron chi connectivity index (χ0n) is 10.1. The number of carboxylic acid groups (broad SMARTS) is 1. The van der Waals surface area contributed by atoms with Crippen LogP contribution in [0, 0.1) is 6.92 Å². The van der Waals surface area contributed by atoms with Crippen LogP contribution < -0.4 is 0 Å². The summed E-state index contributed by atoms with van der Waals surface area (Å²) in [6.07, 6.45) is 3.24. The van der Waals surface area contributed by atoms with Crippen LogP contribution in [0.4, 0.5) is 0 Å². The smallest absolute Gasteiger partial charge is 0.356 e. The maximum Gasteiger partial charge on any atom is 0.356 e. The normalized spacial score (nSPS) is 10.8. The lowest BCUT2D eigenvalue weighted by Crippen LogP contribution is -2.02. The maximum atomic E-state index is 10.9.